The van der Waals surface area contributed by atoms with Crippen LogP contribution >= 0.6 is 11.3 Å². The maximum Gasteiger partial charge on any atom is 0.318 e. The lowest BCUT2D eigenvalue weighted by atomic mass is 9.93. The van der Waals surface area contributed by atoms with E-state index in [4.69, 9.17) is 0 Å². The van der Waals surface area contributed by atoms with Gasteiger partial charge in [0.2, 0.25) is 5.91 Å². The Balaban J connectivity index is 1.85. The Bertz CT molecular complexity index is 870. The summed E-state index contributed by atoms with van der Waals surface area (Å²) in [6, 6.07) is 12.0. The number of hydrogen-bond donors (Lipinski definition) is 1. The first-order valence-electron chi connectivity index (χ1n) is 10.6. The predicted molar refractivity (Wildman–Crippen MR) is 123 cm³/mol. The number of carbonyl (C=O) groups excluding carboxylic acids is 2. The number of thiophene rings is 1. The molecule has 5 nitrogen and oxygen atoms in total. The molecule has 0 unspecified atom stereocenters. The zero-order valence-electron chi connectivity index (χ0n) is 18.6. The van der Waals surface area contributed by atoms with E-state index >= 15 is 0 Å². The first-order valence-corrected chi connectivity index (χ1v) is 11.5. The van der Waals surface area contributed by atoms with Crippen LogP contribution in [0.25, 0.3) is 0 Å². The van der Waals surface area contributed by atoms with Gasteiger partial charge in [-0.3, -0.25) is 4.79 Å². The third-order valence-corrected chi connectivity index (χ3v) is 6.08. The van der Waals surface area contributed by atoms with Gasteiger partial charge in [-0.25, -0.2) is 4.79 Å². The largest absolute Gasteiger partial charge is 0.333 e. The monoisotopic (exact) mass is 427 g/mol. The van der Waals surface area contributed by atoms with Gasteiger partial charge in [0.15, 0.2) is 0 Å². The van der Waals surface area contributed by atoms with Crippen LogP contribution in [0.4, 0.5) is 4.79 Å². The van der Waals surface area contributed by atoms with Gasteiger partial charge in [0.05, 0.1) is 6.04 Å². The van der Waals surface area contributed by atoms with Gasteiger partial charge >= 0.3 is 6.03 Å². The fraction of sp³-hybridized carbons (Fsp3) is 0.500. The highest BCUT2D eigenvalue weighted by Crippen LogP contribution is 2.37. The van der Waals surface area contributed by atoms with Gasteiger partial charge in [-0.15, -0.1) is 11.3 Å². The molecule has 0 fully saturated rings. The number of fused-ring (bicyclic) bond motifs is 1. The van der Waals surface area contributed by atoms with Gasteiger partial charge in [0.1, 0.15) is 6.54 Å². The molecule has 6 heteroatoms. The molecule has 1 atom stereocenters. The standard InChI is InChI=1S/C24H33N3O2S/c1-17(2)15-26(23(29)25-24(3,4)5)16-21(28)27-13-11-20-19(12-14-30-20)22(27)18-9-7-6-8-10-18/h6-10,12,14,17,22H,11,13,15-16H2,1-5H3,(H,25,29)/t22-/m0/s1. The SMILES string of the molecule is CC(C)CN(CC(=O)N1CCc2sccc2[C@@H]1c1ccccc1)C(=O)NC(C)(C)C. The van der Waals surface area contributed by atoms with Crippen LogP contribution in [-0.4, -0.2) is 46.9 Å². The second-order valence-corrected chi connectivity index (χ2v) is 10.4. The summed E-state index contributed by atoms with van der Waals surface area (Å²) >= 11 is 1.76. The number of benzene rings is 1. The zero-order chi connectivity index (χ0) is 21.9. The van der Waals surface area contributed by atoms with Crippen LogP contribution in [0.5, 0.6) is 0 Å². The molecule has 3 rings (SSSR count). The van der Waals surface area contributed by atoms with Crippen molar-refractivity contribution in [3.8, 4) is 0 Å². The normalized spacial score (nSPS) is 16.3. The molecule has 30 heavy (non-hydrogen) atoms. The smallest absolute Gasteiger partial charge is 0.318 e. The Morgan fingerprint density at radius 1 is 1.20 bits per heavy atom. The number of rotatable bonds is 5. The summed E-state index contributed by atoms with van der Waals surface area (Å²) in [5.41, 5.74) is 1.97. The molecule has 1 N–H and O–H groups in total. The highest BCUT2D eigenvalue weighted by atomic mass is 32.1. The van der Waals surface area contributed by atoms with E-state index in [2.05, 4.69) is 42.7 Å². The fourth-order valence-electron chi connectivity index (χ4n) is 3.89. The topological polar surface area (TPSA) is 52.7 Å². The van der Waals surface area contributed by atoms with Crippen molar-refractivity contribution in [2.75, 3.05) is 19.6 Å². The van der Waals surface area contributed by atoms with Crippen LogP contribution in [0, 0.1) is 5.92 Å². The zero-order valence-corrected chi connectivity index (χ0v) is 19.5. The van der Waals surface area contributed by atoms with Crippen molar-refractivity contribution in [2.24, 2.45) is 5.92 Å². The van der Waals surface area contributed by atoms with E-state index < -0.39 is 0 Å². The maximum atomic E-state index is 13.5. The lowest BCUT2D eigenvalue weighted by Crippen LogP contribution is -2.53. The second-order valence-electron chi connectivity index (χ2n) is 9.40. The van der Waals surface area contributed by atoms with E-state index in [1.54, 1.807) is 16.2 Å². The number of urea groups is 1. The lowest BCUT2D eigenvalue weighted by molar-refractivity contribution is -0.134. The summed E-state index contributed by atoms with van der Waals surface area (Å²) in [6.45, 7) is 11.3. The Hall–Kier alpha value is -2.34. The molecule has 0 radical (unpaired) electrons. The molecule has 1 aliphatic rings. The maximum absolute atomic E-state index is 13.5. The lowest BCUT2D eigenvalue weighted by Gasteiger charge is -2.38. The first kappa shape index (κ1) is 22.3. The molecule has 2 aromatic rings. The van der Waals surface area contributed by atoms with Crippen LogP contribution in [0.3, 0.4) is 0 Å². The van der Waals surface area contributed by atoms with Crippen molar-refractivity contribution in [3.63, 3.8) is 0 Å². The van der Waals surface area contributed by atoms with E-state index in [9.17, 15) is 9.59 Å². The van der Waals surface area contributed by atoms with Crippen molar-refractivity contribution < 1.29 is 9.59 Å². The number of nitrogens with one attached hydrogen (secondary N) is 1. The number of amides is 3. The predicted octanol–water partition coefficient (Wildman–Crippen LogP) is 4.69. The number of nitrogens with zero attached hydrogens (tertiary/aromatic N) is 2. The van der Waals surface area contributed by atoms with Gasteiger partial charge in [-0.1, -0.05) is 44.2 Å². The molecule has 0 spiro atoms. The number of hydrogen-bond acceptors (Lipinski definition) is 3. The molecule has 3 amide bonds. The molecule has 1 aromatic carbocycles. The van der Waals surface area contributed by atoms with Gasteiger partial charge in [0.25, 0.3) is 0 Å². The van der Waals surface area contributed by atoms with E-state index in [0.29, 0.717) is 13.1 Å². The minimum absolute atomic E-state index is 0.00888. The summed E-state index contributed by atoms with van der Waals surface area (Å²) in [5.74, 6) is 0.267. The summed E-state index contributed by atoms with van der Waals surface area (Å²) in [4.78, 5) is 31.3. The van der Waals surface area contributed by atoms with Crippen LogP contribution in [0.15, 0.2) is 41.8 Å². The summed E-state index contributed by atoms with van der Waals surface area (Å²) in [7, 11) is 0. The number of carbonyl (C=O) groups is 2. The summed E-state index contributed by atoms with van der Waals surface area (Å²) in [6.07, 6.45) is 0.862. The van der Waals surface area contributed by atoms with Crippen LogP contribution in [0.2, 0.25) is 0 Å². The van der Waals surface area contributed by atoms with Gasteiger partial charge in [-0.05, 0) is 55.7 Å². The summed E-state index contributed by atoms with van der Waals surface area (Å²) in [5, 5.41) is 5.11. The van der Waals surface area contributed by atoms with Gasteiger partial charge in [-0.2, -0.15) is 0 Å². The molecule has 0 bridgehead atoms. The Morgan fingerprint density at radius 2 is 1.90 bits per heavy atom. The molecular formula is C24H33N3O2S. The highest BCUT2D eigenvalue weighted by molar-refractivity contribution is 7.10. The Kier molecular flexibility index (Phi) is 6.86. The van der Waals surface area contributed by atoms with Crippen LogP contribution < -0.4 is 5.32 Å². The molecule has 0 aliphatic carbocycles. The van der Waals surface area contributed by atoms with E-state index in [1.807, 2.05) is 43.9 Å². The van der Waals surface area contributed by atoms with Gasteiger partial charge < -0.3 is 15.1 Å². The van der Waals surface area contributed by atoms with Crippen LogP contribution in [-0.2, 0) is 11.2 Å². The third-order valence-electron chi connectivity index (χ3n) is 5.08. The quantitative estimate of drug-likeness (QED) is 0.753. The average Bonchev–Trinajstić information content (AvgIpc) is 3.14. The van der Waals surface area contributed by atoms with E-state index in [1.165, 1.54) is 10.4 Å². The van der Waals surface area contributed by atoms with Crippen molar-refractivity contribution in [2.45, 2.75) is 52.6 Å². The van der Waals surface area contributed by atoms with E-state index in [0.717, 1.165) is 12.0 Å². The fourth-order valence-corrected chi connectivity index (χ4v) is 4.80. The van der Waals surface area contributed by atoms with Gasteiger partial charge in [0, 0.05) is 23.5 Å². The molecule has 1 aliphatic heterocycles. The Labute approximate surface area is 184 Å². The molecule has 0 saturated heterocycles. The molecule has 2 heterocycles. The minimum Gasteiger partial charge on any atom is -0.333 e. The molecule has 1 aromatic heterocycles. The Morgan fingerprint density at radius 3 is 2.53 bits per heavy atom. The van der Waals surface area contributed by atoms with Crippen molar-refractivity contribution in [3.05, 3.63) is 57.8 Å². The second kappa shape index (κ2) is 9.21. The van der Waals surface area contributed by atoms with Crippen molar-refractivity contribution >= 4 is 23.3 Å². The third kappa shape index (κ3) is 5.42. The average molecular weight is 428 g/mol. The minimum atomic E-state index is -0.349. The molecular weight excluding hydrogens is 394 g/mol. The van der Waals surface area contributed by atoms with Crippen molar-refractivity contribution in [1.29, 1.82) is 0 Å². The highest BCUT2D eigenvalue weighted by Gasteiger charge is 2.34. The van der Waals surface area contributed by atoms with Crippen molar-refractivity contribution in [1.82, 2.24) is 15.1 Å². The summed E-state index contributed by atoms with van der Waals surface area (Å²) < 4.78 is 0. The molecule has 162 valence electrons. The molecule has 0 saturated carbocycles. The first-order chi connectivity index (χ1) is 14.2. The van der Waals surface area contributed by atoms with Crippen LogP contribution in [0.1, 0.15) is 56.7 Å². The van der Waals surface area contributed by atoms with E-state index in [-0.39, 0.29) is 36.0 Å².